The summed E-state index contributed by atoms with van der Waals surface area (Å²) in [5.74, 6) is 0.164. The zero-order valence-electron chi connectivity index (χ0n) is 10.4. The van der Waals surface area contributed by atoms with Crippen molar-refractivity contribution in [3.8, 4) is 0 Å². The average Bonchev–Trinajstić information content (AvgIpc) is 2.32. The fourth-order valence-electron chi connectivity index (χ4n) is 2.17. The number of nitrogens with zero attached hydrogens (tertiary/aromatic N) is 1. The fraction of sp³-hybridized carbons (Fsp3) is 0.500. The van der Waals surface area contributed by atoms with E-state index in [-0.39, 0.29) is 5.91 Å². The van der Waals surface area contributed by atoms with Gasteiger partial charge in [0.25, 0.3) is 5.91 Å². The predicted octanol–water partition coefficient (Wildman–Crippen LogP) is 3.30. The van der Waals surface area contributed by atoms with Crippen LogP contribution in [0.15, 0.2) is 18.2 Å². The van der Waals surface area contributed by atoms with Gasteiger partial charge < -0.3 is 4.90 Å². The molecule has 1 aliphatic heterocycles. The lowest BCUT2D eigenvalue weighted by molar-refractivity contribution is 0.0730. The molecule has 0 spiro atoms. The first-order valence-electron chi connectivity index (χ1n) is 6.08. The molecule has 1 heterocycles. The largest absolute Gasteiger partial charge is 0.338 e. The van der Waals surface area contributed by atoms with E-state index >= 15 is 0 Å². The number of rotatable bonds is 1. The minimum Gasteiger partial charge on any atom is -0.338 e. The second-order valence-electron chi connectivity index (χ2n) is 4.79. The number of carbonyl (C=O) groups is 1. The molecule has 3 heteroatoms. The van der Waals surface area contributed by atoms with Crippen LogP contribution in [-0.4, -0.2) is 28.7 Å². The Labute approximate surface area is 111 Å². The number of halogens is 1. The molecule has 2 rings (SSSR count). The van der Waals surface area contributed by atoms with Gasteiger partial charge in [-0.1, -0.05) is 22.0 Å². The van der Waals surface area contributed by atoms with E-state index in [1.54, 1.807) is 0 Å². The monoisotopic (exact) mass is 295 g/mol. The molecule has 0 aromatic heterocycles. The highest BCUT2D eigenvalue weighted by Crippen LogP contribution is 2.19. The molecule has 1 aliphatic rings. The van der Waals surface area contributed by atoms with E-state index in [4.69, 9.17) is 0 Å². The van der Waals surface area contributed by atoms with Crippen LogP contribution in [0.1, 0.15) is 34.3 Å². The Hall–Kier alpha value is -0.830. The standard InChI is InChI=1S/C14H18BrNO/c1-10-5-6-12(8-11(10)2)14(17)16-7-3-4-13(15)9-16/h5-6,8,13H,3-4,7,9H2,1-2H3. The van der Waals surface area contributed by atoms with Gasteiger partial charge in [0.1, 0.15) is 0 Å². The number of hydrogen-bond donors (Lipinski definition) is 0. The van der Waals surface area contributed by atoms with E-state index in [1.807, 2.05) is 23.1 Å². The highest BCUT2D eigenvalue weighted by Gasteiger charge is 2.22. The zero-order valence-corrected chi connectivity index (χ0v) is 12.0. The molecule has 1 fully saturated rings. The SMILES string of the molecule is Cc1ccc(C(=O)N2CCCC(Br)C2)cc1C. The molecular weight excluding hydrogens is 278 g/mol. The van der Waals surface area contributed by atoms with Crippen molar-refractivity contribution in [2.24, 2.45) is 0 Å². The number of piperidine rings is 1. The molecule has 1 amide bonds. The minimum atomic E-state index is 0.164. The van der Waals surface area contributed by atoms with Gasteiger partial charge >= 0.3 is 0 Å². The van der Waals surface area contributed by atoms with Crippen molar-refractivity contribution in [3.63, 3.8) is 0 Å². The normalized spacial score (nSPS) is 20.4. The molecule has 0 aliphatic carbocycles. The highest BCUT2D eigenvalue weighted by molar-refractivity contribution is 9.09. The van der Waals surface area contributed by atoms with Crippen LogP contribution < -0.4 is 0 Å². The lowest BCUT2D eigenvalue weighted by Gasteiger charge is -2.30. The predicted molar refractivity (Wildman–Crippen MR) is 73.8 cm³/mol. The molecule has 2 nitrogen and oxygen atoms in total. The molecule has 0 N–H and O–H groups in total. The first-order chi connectivity index (χ1) is 8.08. The van der Waals surface area contributed by atoms with Crippen molar-refractivity contribution in [1.82, 2.24) is 4.90 Å². The van der Waals surface area contributed by atoms with Crippen molar-refractivity contribution in [2.75, 3.05) is 13.1 Å². The maximum atomic E-state index is 12.3. The summed E-state index contributed by atoms with van der Waals surface area (Å²) in [5, 5.41) is 0. The van der Waals surface area contributed by atoms with Gasteiger partial charge in [-0.05, 0) is 49.9 Å². The Bertz CT molecular complexity index is 430. The van der Waals surface area contributed by atoms with Gasteiger partial charge in [0.15, 0.2) is 0 Å². The Kier molecular flexibility index (Phi) is 3.87. The van der Waals surface area contributed by atoms with Gasteiger partial charge in [-0.15, -0.1) is 0 Å². The molecule has 0 saturated carbocycles. The van der Waals surface area contributed by atoms with Gasteiger partial charge in [-0.3, -0.25) is 4.79 Å². The zero-order chi connectivity index (χ0) is 12.4. The van der Waals surface area contributed by atoms with Crippen molar-refractivity contribution >= 4 is 21.8 Å². The smallest absolute Gasteiger partial charge is 0.253 e. The molecule has 1 atom stereocenters. The fourth-order valence-corrected chi connectivity index (χ4v) is 2.84. The van der Waals surface area contributed by atoms with E-state index in [1.165, 1.54) is 11.1 Å². The van der Waals surface area contributed by atoms with Crippen LogP contribution in [0.5, 0.6) is 0 Å². The van der Waals surface area contributed by atoms with Crippen LogP contribution >= 0.6 is 15.9 Å². The van der Waals surface area contributed by atoms with Crippen molar-refractivity contribution in [2.45, 2.75) is 31.5 Å². The van der Waals surface area contributed by atoms with Crippen LogP contribution in [0.25, 0.3) is 0 Å². The third-order valence-electron chi connectivity index (χ3n) is 3.40. The molecule has 1 saturated heterocycles. The molecule has 17 heavy (non-hydrogen) atoms. The topological polar surface area (TPSA) is 20.3 Å². The first kappa shape index (κ1) is 12.6. The van der Waals surface area contributed by atoms with E-state index in [0.717, 1.165) is 31.5 Å². The van der Waals surface area contributed by atoms with Crippen molar-refractivity contribution in [1.29, 1.82) is 0 Å². The summed E-state index contributed by atoms with van der Waals surface area (Å²) in [6.45, 7) is 5.83. The number of benzene rings is 1. The minimum absolute atomic E-state index is 0.164. The number of aryl methyl sites for hydroxylation is 2. The Balaban J connectivity index is 2.15. The molecular formula is C14H18BrNO. The maximum absolute atomic E-state index is 12.3. The molecule has 1 aromatic carbocycles. The van der Waals surface area contributed by atoms with Crippen LogP contribution in [-0.2, 0) is 0 Å². The van der Waals surface area contributed by atoms with E-state index < -0.39 is 0 Å². The van der Waals surface area contributed by atoms with Crippen LogP contribution in [0.3, 0.4) is 0 Å². The summed E-state index contributed by atoms with van der Waals surface area (Å²) in [4.78, 5) is 14.7. The molecule has 0 bridgehead atoms. The van der Waals surface area contributed by atoms with Crippen LogP contribution in [0.4, 0.5) is 0 Å². The molecule has 0 radical (unpaired) electrons. The average molecular weight is 296 g/mol. The summed E-state index contributed by atoms with van der Waals surface area (Å²) in [6, 6.07) is 5.95. The van der Waals surface area contributed by atoms with Crippen molar-refractivity contribution in [3.05, 3.63) is 34.9 Å². The lowest BCUT2D eigenvalue weighted by atomic mass is 10.0. The quantitative estimate of drug-likeness (QED) is 0.728. The second kappa shape index (κ2) is 5.21. The number of amides is 1. The van der Waals surface area contributed by atoms with E-state index in [0.29, 0.717) is 4.83 Å². The van der Waals surface area contributed by atoms with Gasteiger partial charge in [0.2, 0.25) is 0 Å². The highest BCUT2D eigenvalue weighted by atomic mass is 79.9. The van der Waals surface area contributed by atoms with E-state index in [9.17, 15) is 4.79 Å². The Morgan fingerprint density at radius 1 is 1.35 bits per heavy atom. The Morgan fingerprint density at radius 2 is 2.12 bits per heavy atom. The molecule has 1 unspecified atom stereocenters. The van der Waals surface area contributed by atoms with Crippen LogP contribution in [0.2, 0.25) is 0 Å². The maximum Gasteiger partial charge on any atom is 0.253 e. The third-order valence-corrected chi connectivity index (χ3v) is 4.15. The Morgan fingerprint density at radius 3 is 2.76 bits per heavy atom. The summed E-state index contributed by atoms with van der Waals surface area (Å²) < 4.78 is 0. The van der Waals surface area contributed by atoms with Gasteiger partial charge in [-0.2, -0.15) is 0 Å². The number of carbonyl (C=O) groups excluding carboxylic acids is 1. The van der Waals surface area contributed by atoms with Crippen LogP contribution in [0, 0.1) is 13.8 Å². The lowest BCUT2D eigenvalue weighted by Crippen LogP contribution is -2.40. The number of likely N-dealkylation sites (tertiary alicyclic amines) is 1. The second-order valence-corrected chi connectivity index (χ2v) is 6.08. The summed E-state index contributed by atoms with van der Waals surface area (Å²) >= 11 is 3.60. The van der Waals surface area contributed by atoms with Crippen molar-refractivity contribution < 1.29 is 4.79 Å². The number of alkyl halides is 1. The summed E-state index contributed by atoms with van der Waals surface area (Å²) in [7, 11) is 0. The summed E-state index contributed by atoms with van der Waals surface area (Å²) in [5.41, 5.74) is 3.23. The van der Waals surface area contributed by atoms with Gasteiger partial charge in [-0.25, -0.2) is 0 Å². The summed E-state index contributed by atoms with van der Waals surface area (Å²) in [6.07, 6.45) is 2.25. The molecule has 92 valence electrons. The third kappa shape index (κ3) is 2.89. The first-order valence-corrected chi connectivity index (χ1v) is 7.00. The number of hydrogen-bond acceptors (Lipinski definition) is 1. The molecule has 1 aromatic rings. The van der Waals surface area contributed by atoms with E-state index in [2.05, 4.69) is 29.8 Å². The van der Waals surface area contributed by atoms with Gasteiger partial charge in [0.05, 0.1) is 0 Å². The van der Waals surface area contributed by atoms with Gasteiger partial charge in [0, 0.05) is 23.5 Å².